The summed E-state index contributed by atoms with van der Waals surface area (Å²) in [6.45, 7) is 4.36. The van der Waals surface area contributed by atoms with Gasteiger partial charge in [-0.1, -0.05) is 6.42 Å². The summed E-state index contributed by atoms with van der Waals surface area (Å²) in [6, 6.07) is 8.94. The number of carboxylic acid groups (broad SMARTS) is 1. The summed E-state index contributed by atoms with van der Waals surface area (Å²) in [5.74, 6) is -2.75. The van der Waals surface area contributed by atoms with E-state index in [1.165, 1.54) is 24.8 Å². The minimum atomic E-state index is -5.08. The van der Waals surface area contributed by atoms with Crippen LogP contribution in [0.3, 0.4) is 0 Å². The third-order valence-corrected chi connectivity index (χ3v) is 5.66. The molecule has 1 aromatic heterocycles. The summed E-state index contributed by atoms with van der Waals surface area (Å²) in [6.07, 6.45) is -1.24. The van der Waals surface area contributed by atoms with Gasteiger partial charge in [0.2, 0.25) is 0 Å². The van der Waals surface area contributed by atoms with E-state index in [0.29, 0.717) is 24.2 Å². The first-order valence-electron chi connectivity index (χ1n) is 10.5. The molecule has 2 aromatic rings. The zero-order valence-corrected chi connectivity index (χ0v) is 18.1. The summed E-state index contributed by atoms with van der Waals surface area (Å²) in [5, 5.41) is 20.7. The van der Waals surface area contributed by atoms with Gasteiger partial charge >= 0.3 is 12.1 Å². The van der Waals surface area contributed by atoms with Crippen molar-refractivity contribution < 1.29 is 27.9 Å². The van der Waals surface area contributed by atoms with Crippen LogP contribution < -0.4 is 0 Å². The first-order chi connectivity index (χ1) is 15.6. The Hall–Kier alpha value is -3.39. The number of aryl methyl sites for hydroxylation is 1. The lowest BCUT2D eigenvalue weighted by Gasteiger charge is -2.26. The highest BCUT2D eigenvalue weighted by Crippen LogP contribution is 2.28. The quantitative estimate of drug-likeness (QED) is 0.751. The van der Waals surface area contributed by atoms with Gasteiger partial charge in [0.05, 0.1) is 36.1 Å². The van der Waals surface area contributed by atoms with Crippen molar-refractivity contribution in [2.75, 3.05) is 13.1 Å². The standard InChI is InChI=1S/C20H23N5O.C2HF3O2/c1-23-19-14-25(20(26)16-7-5-15(11-21)6-8-16)12-17(19)18(22-23)13-24-9-3-2-4-10-24;3-2(4,5)1(6)7/h5-8H,2-4,9-10,12-14H2,1H3;(H,6,7). The number of hydrogen-bond acceptors (Lipinski definition) is 5. The largest absolute Gasteiger partial charge is 0.490 e. The number of hydrogen-bond donors (Lipinski definition) is 1. The van der Waals surface area contributed by atoms with E-state index in [2.05, 4.69) is 11.0 Å². The van der Waals surface area contributed by atoms with Crippen LogP contribution in [0.15, 0.2) is 24.3 Å². The fourth-order valence-corrected chi connectivity index (χ4v) is 3.94. The average molecular weight is 463 g/mol. The number of carboxylic acids is 1. The molecule has 11 heteroatoms. The predicted molar refractivity (Wildman–Crippen MR) is 111 cm³/mol. The molecule has 1 aromatic carbocycles. The van der Waals surface area contributed by atoms with Gasteiger partial charge in [0.1, 0.15) is 0 Å². The van der Waals surface area contributed by atoms with Crippen molar-refractivity contribution in [3.05, 3.63) is 52.3 Å². The van der Waals surface area contributed by atoms with E-state index in [-0.39, 0.29) is 5.91 Å². The molecule has 1 N–H and O–H groups in total. The van der Waals surface area contributed by atoms with Crippen molar-refractivity contribution in [3.8, 4) is 6.07 Å². The molecule has 33 heavy (non-hydrogen) atoms. The lowest BCUT2D eigenvalue weighted by molar-refractivity contribution is -0.192. The van der Waals surface area contributed by atoms with Gasteiger partial charge in [-0.2, -0.15) is 23.5 Å². The Morgan fingerprint density at radius 3 is 2.27 bits per heavy atom. The van der Waals surface area contributed by atoms with E-state index in [4.69, 9.17) is 20.3 Å². The Morgan fingerprint density at radius 1 is 1.12 bits per heavy atom. The number of benzene rings is 1. The van der Waals surface area contributed by atoms with Crippen LogP contribution in [0.25, 0.3) is 0 Å². The normalized spacial score (nSPS) is 15.9. The van der Waals surface area contributed by atoms with E-state index in [0.717, 1.165) is 31.0 Å². The molecule has 0 bridgehead atoms. The molecular formula is C22H24F3N5O3. The van der Waals surface area contributed by atoms with Crippen molar-refractivity contribution in [1.82, 2.24) is 19.6 Å². The second-order valence-electron chi connectivity index (χ2n) is 7.99. The highest BCUT2D eigenvalue weighted by Gasteiger charge is 2.38. The molecule has 0 saturated carbocycles. The number of aliphatic carboxylic acids is 1. The maximum absolute atomic E-state index is 12.8. The van der Waals surface area contributed by atoms with E-state index in [9.17, 15) is 18.0 Å². The van der Waals surface area contributed by atoms with Crippen molar-refractivity contribution in [2.45, 2.75) is 45.1 Å². The second kappa shape index (κ2) is 10.0. The Morgan fingerprint density at radius 2 is 1.73 bits per heavy atom. The van der Waals surface area contributed by atoms with Gasteiger partial charge in [0.25, 0.3) is 5.91 Å². The lowest BCUT2D eigenvalue weighted by Crippen LogP contribution is -2.30. The van der Waals surface area contributed by atoms with Gasteiger partial charge in [0, 0.05) is 24.7 Å². The Labute approximate surface area is 188 Å². The molecule has 2 aliphatic heterocycles. The minimum absolute atomic E-state index is 0.00890. The molecule has 0 spiro atoms. The first-order valence-corrected chi connectivity index (χ1v) is 10.5. The number of fused-ring (bicyclic) bond motifs is 1. The molecule has 4 rings (SSSR count). The molecule has 1 fully saturated rings. The van der Waals surface area contributed by atoms with Crippen LogP contribution >= 0.6 is 0 Å². The summed E-state index contributed by atoms with van der Waals surface area (Å²) in [4.78, 5) is 26.1. The molecule has 0 aliphatic carbocycles. The highest BCUT2D eigenvalue weighted by molar-refractivity contribution is 5.94. The maximum atomic E-state index is 12.8. The fourth-order valence-electron chi connectivity index (χ4n) is 3.94. The number of nitriles is 1. The monoisotopic (exact) mass is 463 g/mol. The molecule has 1 saturated heterocycles. The highest BCUT2D eigenvalue weighted by atomic mass is 19.4. The second-order valence-corrected chi connectivity index (χ2v) is 7.99. The van der Waals surface area contributed by atoms with Crippen molar-refractivity contribution >= 4 is 11.9 Å². The van der Waals surface area contributed by atoms with E-state index in [1.54, 1.807) is 24.3 Å². The van der Waals surface area contributed by atoms with Crippen molar-refractivity contribution in [1.29, 1.82) is 5.26 Å². The molecule has 0 radical (unpaired) electrons. The van der Waals surface area contributed by atoms with Crippen molar-refractivity contribution in [2.24, 2.45) is 7.05 Å². The molecule has 3 heterocycles. The average Bonchev–Trinajstić information content (AvgIpc) is 3.35. The third kappa shape index (κ3) is 5.90. The number of nitrogens with zero attached hydrogens (tertiary/aromatic N) is 5. The van der Waals surface area contributed by atoms with Crippen LogP contribution in [0.1, 0.15) is 52.1 Å². The topological polar surface area (TPSA) is 102 Å². The van der Waals surface area contributed by atoms with Crippen molar-refractivity contribution in [3.63, 3.8) is 0 Å². The van der Waals surface area contributed by atoms with Gasteiger partial charge in [-0.15, -0.1) is 0 Å². The Balaban J connectivity index is 0.000000383. The fraction of sp³-hybridized carbons (Fsp3) is 0.455. The zero-order chi connectivity index (χ0) is 24.2. The number of rotatable bonds is 3. The smallest absolute Gasteiger partial charge is 0.475 e. The molecule has 1 amide bonds. The minimum Gasteiger partial charge on any atom is -0.475 e. The number of aromatic nitrogens is 2. The van der Waals surface area contributed by atoms with Gasteiger partial charge in [-0.25, -0.2) is 4.79 Å². The summed E-state index contributed by atoms with van der Waals surface area (Å²) < 4.78 is 33.7. The summed E-state index contributed by atoms with van der Waals surface area (Å²) >= 11 is 0. The number of carbonyl (C=O) groups excluding carboxylic acids is 1. The summed E-state index contributed by atoms with van der Waals surface area (Å²) in [7, 11) is 1.97. The van der Waals surface area contributed by atoms with Crippen LogP contribution in [-0.2, 0) is 31.5 Å². The molecule has 2 aliphatic rings. The maximum Gasteiger partial charge on any atom is 0.490 e. The SMILES string of the molecule is Cn1nc(CN2CCCCC2)c2c1CN(C(=O)c1ccc(C#N)cc1)C2.O=C(O)C(F)(F)F. The summed E-state index contributed by atoms with van der Waals surface area (Å²) in [5.41, 5.74) is 4.65. The number of amides is 1. The molecule has 0 atom stereocenters. The first kappa shape index (κ1) is 24.3. The number of likely N-dealkylation sites (tertiary alicyclic amines) is 1. The van der Waals surface area contributed by atoms with Crippen LogP contribution in [0, 0.1) is 11.3 Å². The number of carbonyl (C=O) groups is 2. The lowest BCUT2D eigenvalue weighted by atomic mass is 10.1. The van der Waals surface area contributed by atoms with Crippen LogP contribution in [0.5, 0.6) is 0 Å². The van der Waals surface area contributed by atoms with Gasteiger partial charge in [0.15, 0.2) is 0 Å². The Bertz CT molecular complexity index is 1050. The van der Waals surface area contributed by atoms with Crippen LogP contribution in [-0.4, -0.2) is 55.8 Å². The molecule has 8 nitrogen and oxygen atoms in total. The third-order valence-electron chi connectivity index (χ3n) is 5.66. The van der Waals surface area contributed by atoms with E-state index in [1.807, 2.05) is 16.6 Å². The van der Waals surface area contributed by atoms with E-state index < -0.39 is 12.1 Å². The van der Waals surface area contributed by atoms with Gasteiger partial charge < -0.3 is 10.0 Å². The predicted octanol–water partition coefficient (Wildman–Crippen LogP) is 3.07. The molecule has 0 unspecified atom stereocenters. The number of halogens is 3. The van der Waals surface area contributed by atoms with Gasteiger partial charge in [-0.05, 0) is 50.2 Å². The van der Waals surface area contributed by atoms with Gasteiger partial charge in [-0.3, -0.25) is 14.4 Å². The zero-order valence-electron chi connectivity index (χ0n) is 18.1. The number of piperidine rings is 1. The van der Waals surface area contributed by atoms with Crippen LogP contribution in [0.2, 0.25) is 0 Å². The Kier molecular flexibility index (Phi) is 7.38. The van der Waals surface area contributed by atoms with Crippen LogP contribution in [0.4, 0.5) is 13.2 Å². The number of alkyl halides is 3. The van der Waals surface area contributed by atoms with E-state index >= 15 is 0 Å². The molecule has 176 valence electrons. The molecular weight excluding hydrogens is 439 g/mol.